The van der Waals surface area contributed by atoms with Crippen LogP contribution in [0.1, 0.15) is 15.9 Å². The molecule has 0 heterocycles. The number of methoxy groups -OCH3 is 1. The molecule has 2 aromatic rings. The fraction of sp³-hybridized carbons (Fsp3) is 0.133. The van der Waals surface area contributed by atoms with Crippen LogP contribution in [0.15, 0.2) is 40.9 Å². The van der Waals surface area contributed by atoms with E-state index >= 15 is 0 Å². The van der Waals surface area contributed by atoms with Crippen LogP contribution in [0.25, 0.3) is 0 Å². The molecule has 2 rings (SSSR count). The maximum Gasteiger partial charge on any atom is 0.252 e. The number of nitrogens with one attached hydrogen (secondary N) is 1. The lowest BCUT2D eigenvalue weighted by molar-refractivity contribution is 0.0950. The zero-order valence-corrected chi connectivity index (χ0v) is 13.5. The first-order chi connectivity index (χ1) is 10.0. The number of hydrogen-bond acceptors (Lipinski definition) is 2. The Morgan fingerprint density at radius 1 is 1.33 bits per heavy atom. The highest BCUT2D eigenvalue weighted by Crippen LogP contribution is 2.22. The molecule has 2 aromatic carbocycles. The molecule has 0 unspecified atom stereocenters. The number of hydrogen-bond donors (Lipinski definition) is 1. The maximum atomic E-state index is 13.1. The van der Waals surface area contributed by atoms with Crippen molar-refractivity contribution in [3.05, 3.63) is 62.8 Å². The average molecular weight is 373 g/mol. The van der Waals surface area contributed by atoms with Gasteiger partial charge in [0.1, 0.15) is 11.6 Å². The second-order valence-corrected chi connectivity index (χ2v) is 5.54. The Bertz CT molecular complexity index is 679. The zero-order valence-electron chi connectivity index (χ0n) is 11.1. The summed E-state index contributed by atoms with van der Waals surface area (Å²) in [5, 5.41) is 2.78. The van der Waals surface area contributed by atoms with E-state index in [0.29, 0.717) is 21.3 Å². The summed E-state index contributed by atoms with van der Waals surface area (Å²) in [4.78, 5) is 12.2. The van der Waals surface area contributed by atoms with Crippen LogP contribution in [-0.4, -0.2) is 13.0 Å². The van der Waals surface area contributed by atoms with Crippen LogP contribution < -0.4 is 10.1 Å². The van der Waals surface area contributed by atoms with Gasteiger partial charge in [-0.1, -0.05) is 17.7 Å². The summed E-state index contributed by atoms with van der Waals surface area (Å²) in [5.74, 6) is -0.156. The summed E-state index contributed by atoms with van der Waals surface area (Å²) in [5.41, 5.74) is 1.18. The minimum atomic E-state index is -0.484. The fourth-order valence-corrected chi connectivity index (χ4v) is 2.36. The highest BCUT2D eigenvalue weighted by atomic mass is 79.9. The van der Waals surface area contributed by atoms with Gasteiger partial charge < -0.3 is 10.1 Å². The molecule has 0 saturated carbocycles. The van der Waals surface area contributed by atoms with Gasteiger partial charge in [0.2, 0.25) is 0 Å². The van der Waals surface area contributed by atoms with E-state index in [0.717, 1.165) is 0 Å². The largest absolute Gasteiger partial charge is 0.497 e. The molecular weight excluding hydrogens is 361 g/mol. The van der Waals surface area contributed by atoms with E-state index in [1.807, 2.05) is 0 Å². The molecule has 0 radical (unpaired) electrons. The number of amides is 1. The van der Waals surface area contributed by atoms with Crippen LogP contribution in [0.4, 0.5) is 4.39 Å². The van der Waals surface area contributed by atoms with E-state index < -0.39 is 5.82 Å². The first-order valence-corrected chi connectivity index (χ1v) is 7.24. The van der Waals surface area contributed by atoms with Gasteiger partial charge in [-0.05, 0) is 51.8 Å². The second-order valence-electron chi connectivity index (χ2n) is 4.28. The first-order valence-electron chi connectivity index (χ1n) is 6.07. The summed E-state index contributed by atoms with van der Waals surface area (Å²) in [6, 6.07) is 9.45. The van der Waals surface area contributed by atoms with Crippen LogP contribution in [0, 0.1) is 5.82 Å². The first kappa shape index (κ1) is 15.8. The van der Waals surface area contributed by atoms with Crippen molar-refractivity contribution in [2.45, 2.75) is 6.54 Å². The van der Waals surface area contributed by atoms with Gasteiger partial charge in [0.05, 0.1) is 17.7 Å². The van der Waals surface area contributed by atoms with Crippen LogP contribution >= 0.6 is 27.5 Å². The lowest BCUT2D eigenvalue weighted by Gasteiger charge is -2.09. The van der Waals surface area contributed by atoms with E-state index in [9.17, 15) is 9.18 Å². The smallest absolute Gasteiger partial charge is 0.252 e. The Labute approximate surface area is 135 Å². The van der Waals surface area contributed by atoms with Crippen molar-refractivity contribution in [2.75, 3.05) is 7.11 Å². The minimum Gasteiger partial charge on any atom is -0.497 e. The number of halogens is 3. The van der Waals surface area contributed by atoms with Gasteiger partial charge in [-0.15, -0.1) is 0 Å². The van der Waals surface area contributed by atoms with E-state index in [1.165, 1.54) is 19.2 Å². The molecule has 110 valence electrons. The molecule has 0 atom stereocenters. The maximum absolute atomic E-state index is 13.1. The topological polar surface area (TPSA) is 38.3 Å². The van der Waals surface area contributed by atoms with E-state index in [2.05, 4.69) is 21.2 Å². The lowest BCUT2D eigenvalue weighted by atomic mass is 10.2. The van der Waals surface area contributed by atoms with Crippen molar-refractivity contribution in [2.24, 2.45) is 0 Å². The van der Waals surface area contributed by atoms with E-state index in [-0.39, 0.29) is 17.5 Å². The van der Waals surface area contributed by atoms with Crippen LogP contribution in [0.3, 0.4) is 0 Å². The monoisotopic (exact) mass is 371 g/mol. The molecular formula is C15H12BrClFNO2. The predicted molar refractivity (Wildman–Crippen MR) is 83.3 cm³/mol. The Hall–Kier alpha value is -1.59. The third-order valence-corrected chi connectivity index (χ3v) is 3.84. The number of rotatable bonds is 4. The highest BCUT2D eigenvalue weighted by Gasteiger charge is 2.11. The Kier molecular flexibility index (Phi) is 5.20. The highest BCUT2D eigenvalue weighted by molar-refractivity contribution is 9.10. The van der Waals surface area contributed by atoms with E-state index in [1.54, 1.807) is 24.3 Å². The van der Waals surface area contributed by atoms with Crippen molar-refractivity contribution in [3.63, 3.8) is 0 Å². The molecule has 1 amide bonds. The Morgan fingerprint density at radius 3 is 2.76 bits per heavy atom. The summed E-state index contributed by atoms with van der Waals surface area (Å²) in [6.45, 7) is 0.252. The molecule has 0 saturated heterocycles. The Balaban J connectivity index is 2.09. The van der Waals surface area contributed by atoms with Crippen molar-refractivity contribution in [1.29, 1.82) is 0 Å². The molecule has 0 aliphatic heterocycles. The van der Waals surface area contributed by atoms with Gasteiger partial charge in [-0.2, -0.15) is 0 Å². The SMILES string of the molecule is COc1ccc(Br)c(C(=O)NCc2ccc(F)c(Cl)c2)c1. The second kappa shape index (κ2) is 6.91. The number of benzene rings is 2. The van der Waals surface area contributed by atoms with Gasteiger partial charge in [-0.3, -0.25) is 4.79 Å². The zero-order chi connectivity index (χ0) is 15.4. The molecule has 0 fully saturated rings. The van der Waals surface area contributed by atoms with Crippen LogP contribution in [0.2, 0.25) is 5.02 Å². The van der Waals surface area contributed by atoms with Gasteiger partial charge in [-0.25, -0.2) is 4.39 Å². The van der Waals surface area contributed by atoms with Gasteiger partial charge >= 0.3 is 0 Å². The summed E-state index contributed by atoms with van der Waals surface area (Å²) in [7, 11) is 1.53. The van der Waals surface area contributed by atoms with Crippen molar-refractivity contribution in [3.8, 4) is 5.75 Å². The van der Waals surface area contributed by atoms with Gasteiger partial charge in [0.15, 0.2) is 0 Å². The number of carbonyl (C=O) groups excluding carboxylic acids is 1. The summed E-state index contributed by atoms with van der Waals surface area (Å²) < 4.78 is 18.8. The normalized spacial score (nSPS) is 10.3. The quantitative estimate of drug-likeness (QED) is 0.874. The van der Waals surface area contributed by atoms with Gasteiger partial charge in [0.25, 0.3) is 5.91 Å². The molecule has 1 N–H and O–H groups in total. The molecule has 3 nitrogen and oxygen atoms in total. The van der Waals surface area contributed by atoms with Crippen LogP contribution in [-0.2, 0) is 6.54 Å². The molecule has 0 aliphatic rings. The minimum absolute atomic E-state index is 0.0318. The van der Waals surface area contributed by atoms with Crippen molar-refractivity contribution >= 4 is 33.4 Å². The Morgan fingerprint density at radius 2 is 2.10 bits per heavy atom. The number of ether oxygens (including phenoxy) is 1. The fourth-order valence-electron chi connectivity index (χ4n) is 1.73. The standard InChI is InChI=1S/C15H12BrClFNO2/c1-21-10-3-4-12(16)11(7-10)15(20)19-8-9-2-5-14(18)13(17)6-9/h2-7H,8H2,1H3,(H,19,20). The third kappa shape index (κ3) is 3.95. The molecule has 0 aliphatic carbocycles. The lowest BCUT2D eigenvalue weighted by Crippen LogP contribution is -2.23. The summed E-state index contributed by atoms with van der Waals surface area (Å²) >= 11 is 9.02. The van der Waals surface area contributed by atoms with Gasteiger partial charge in [0, 0.05) is 11.0 Å². The molecule has 0 bridgehead atoms. The van der Waals surface area contributed by atoms with E-state index in [4.69, 9.17) is 16.3 Å². The molecule has 0 spiro atoms. The molecule has 0 aromatic heterocycles. The average Bonchev–Trinajstić information content (AvgIpc) is 2.48. The summed E-state index contributed by atoms with van der Waals surface area (Å²) in [6.07, 6.45) is 0. The van der Waals surface area contributed by atoms with Crippen molar-refractivity contribution < 1.29 is 13.9 Å². The molecule has 21 heavy (non-hydrogen) atoms. The predicted octanol–water partition coefficient (Wildman–Crippen LogP) is 4.18. The van der Waals surface area contributed by atoms with Crippen molar-refractivity contribution in [1.82, 2.24) is 5.32 Å². The van der Waals surface area contributed by atoms with Crippen LogP contribution in [0.5, 0.6) is 5.75 Å². The molecule has 6 heteroatoms. The third-order valence-electron chi connectivity index (χ3n) is 2.86. The number of carbonyl (C=O) groups is 1.